The number of esters is 1. The number of nitrogens with one attached hydrogen (secondary N) is 1. The van der Waals surface area contributed by atoms with Crippen molar-refractivity contribution in [1.82, 2.24) is 5.32 Å². The van der Waals surface area contributed by atoms with Crippen molar-refractivity contribution >= 4 is 23.5 Å². The largest absolute Gasteiger partial charge is 0.497 e. The van der Waals surface area contributed by atoms with E-state index in [1.807, 2.05) is 6.07 Å². The summed E-state index contributed by atoms with van der Waals surface area (Å²) in [5.41, 5.74) is 1.43. The van der Waals surface area contributed by atoms with Crippen molar-refractivity contribution < 1.29 is 28.5 Å². The van der Waals surface area contributed by atoms with Crippen LogP contribution in [0.1, 0.15) is 30.5 Å². The topological polar surface area (TPSA) is 83.1 Å². The van der Waals surface area contributed by atoms with Crippen LogP contribution < -0.4 is 19.5 Å². The molecule has 0 bridgehead atoms. The molecular weight excluding hydrogens is 410 g/mol. The average molecular weight is 434 g/mol. The summed E-state index contributed by atoms with van der Waals surface area (Å²) in [5, 5.41) is 3.31. The zero-order valence-corrected chi connectivity index (χ0v) is 17.7. The molecule has 0 spiro atoms. The highest BCUT2D eigenvalue weighted by atomic mass is 35.5. The van der Waals surface area contributed by atoms with Gasteiger partial charge in [0.1, 0.15) is 19.0 Å². The van der Waals surface area contributed by atoms with E-state index in [0.29, 0.717) is 41.0 Å². The molecule has 0 aromatic heterocycles. The Bertz CT molecular complexity index is 916. The zero-order chi connectivity index (χ0) is 21.5. The van der Waals surface area contributed by atoms with Gasteiger partial charge < -0.3 is 24.3 Å². The SMILES string of the molecule is CCOC(=O)CC(NC(=O)Cc1cc(Cl)c2c(c1)OCCO2)c1cccc(OC)c1. The van der Waals surface area contributed by atoms with Gasteiger partial charge in [-0.1, -0.05) is 23.7 Å². The van der Waals surface area contributed by atoms with E-state index in [2.05, 4.69) is 5.32 Å². The molecule has 1 amide bonds. The predicted molar refractivity (Wildman–Crippen MR) is 111 cm³/mol. The Morgan fingerprint density at radius 3 is 2.77 bits per heavy atom. The fourth-order valence-corrected chi connectivity index (χ4v) is 3.48. The maximum Gasteiger partial charge on any atom is 0.308 e. The summed E-state index contributed by atoms with van der Waals surface area (Å²) in [5.74, 6) is 0.984. The van der Waals surface area contributed by atoms with E-state index in [1.54, 1.807) is 44.4 Å². The Balaban J connectivity index is 1.75. The molecule has 1 aliphatic heterocycles. The minimum atomic E-state index is -0.556. The standard InChI is InChI=1S/C22H24ClNO6/c1-3-28-21(26)13-18(15-5-4-6-16(12-15)27-2)24-20(25)11-14-9-17(23)22-19(10-14)29-7-8-30-22/h4-6,9-10,12,18H,3,7-8,11,13H2,1-2H3,(H,24,25). The highest BCUT2D eigenvalue weighted by Crippen LogP contribution is 2.38. The Morgan fingerprint density at radius 1 is 1.20 bits per heavy atom. The van der Waals surface area contributed by atoms with Gasteiger partial charge in [-0.25, -0.2) is 0 Å². The molecule has 1 aliphatic rings. The van der Waals surface area contributed by atoms with Crippen molar-refractivity contribution in [2.24, 2.45) is 0 Å². The van der Waals surface area contributed by atoms with Crippen molar-refractivity contribution in [1.29, 1.82) is 0 Å². The fourth-order valence-electron chi connectivity index (χ4n) is 3.19. The van der Waals surface area contributed by atoms with E-state index >= 15 is 0 Å². The van der Waals surface area contributed by atoms with Gasteiger partial charge in [0, 0.05) is 0 Å². The number of ether oxygens (including phenoxy) is 4. The van der Waals surface area contributed by atoms with Gasteiger partial charge in [-0.15, -0.1) is 0 Å². The van der Waals surface area contributed by atoms with Crippen LogP contribution in [0.25, 0.3) is 0 Å². The van der Waals surface area contributed by atoms with Gasteiger partial charge in [0.15, 0.2) is 11.5 Å². The van der Waals surface area contributed by atoms with Crippen molar-refractivity contribution in [3.63, 3.8) is 0 Å². The molecule has 1 atom stereocenters. The maximum atomic E-state index is 12.8. The summed E-state index contributed by atoms with van der Waals surface area (Å²) in [7, 11) is 1.56. The molecule has 8 heteroatoms. The molecule has 0 saturated heterocycles. The third-order valence-electron chi connectivity index (χ3n) is 4.53. The number of rotatable bonds is 8. The maximum absolute atomic E-state index is 12.8. The molecule has 0 fully saturated rings. The molecule has 2 aromatic carbocycles. The number of benzene rings is 2. The first-order chi connectivity index (χ1) is 14.5. The fraction of sp³-hybridized carbons (Fsp3) is 0.364. The highest BCUT2D eigenvalue weighted by Gasteiger charge is 2.22. The van der Waals surface area contributed by atoms with Gasteiger partial charge in [-0.05, 0) is 42.3 Å². The van der Waals surface area contributed by atoms with Crippen LogP contribution >= 0.6 is 11.6 Å². The van der Waals surface area contributed by atoms with Crippen LogP contribution in [0.5, 0.6) is 17.2 Å². The van der Waals surface area contributed by atoms with Crippen molar-refractivity contribution in [2.45, 2.75) is 25.8 Å². The summed E-state index contributed by atoms with van der Waals surface area (Å²) in [6, 6.07) is 10.1. The summed E-state index contributed by atoms with van der Waals surface area (Å²) < 4.78 is 21.4. The van der Waals surface area contributed by atoms with Gasteiger partial charge in [-0.3, -0.25) is 9.59 Å². The first kappa shape index (κ1) is 21.8. The van der Waals surface area contributed by atoms with E-state index in [1.165, 1.54) is 0 Å². The van der Waals surface area contributed by atoms with Gasteiger partial charge in [0.25, 0.3) is 0 Å². The van der Waals surface area contributed by atoms with Crippen LogP contribution in [0, 0.1) is 0 Å². The van der Waals surface area contributed by atoms with E-state index in [-0.39, 0.29) is 25.4 Å². The molecule has 1 unspecified atom stereocenters. The zero-order valence-electron chi connectivity index (χ0n) is 16.9. The summed E-state index contributed by atoms with van der Waals surface area (Å²) >= 11 is 6.26. The number of hydrogen-bond donors (Lipinski definition) is 1. The Labute approximate surface area is 180 Å². The number of hydrogen-bond acceptors (Lipinski definition) is 6. The normalized spacial score (nSPS) is 13.3. The Kier molecular flexibility index (Phi) is 7.41. The Hall–Kier alpha value is -2.93. The molecule has 2 aromatic rings. The van der Waals surface area contributed by atoms with Crippen LogP contribution in [0.4, 0.5) is 0 Å². The minimum Gasteiger partial charge on any atom is -0.497 e. The molecule has 0 saturated carbocycles. The highest BCUT2D eigenvalue weighted by molar-refractivity contribution is 6.32. The number of fused-ring (bicyclic) bond motifs is 1. The van der Waals surface area contributed by atoms with Crippen molar-refractivity contribution in [3.05, 3.63) is 52.5 Å². The molecule has 30 heavy (non-hydrogen) atoms. The summed E-state index contributed by atoms with van der Waals surface area (Å²) in [6.07, 6.45) is 0.0777. The quantitative estimate of drug-likeness (QED) is 0.642. The lowest BCUT2D eigenvalue weighted by molar-refractivity contribution is -0.143. The smallest absolute Gasteiger partial charge is 0.308 e. The number of amides is 1. The van der Waals surface area contributed by atoms with Crippen molar-refractivity contribution in [3.8, 4) is 17.2 Å². The van der Waals surface area contributed by atoms with Crippen LogP contribution in [0.15, 0.2) is 36.4 Å². The molecule has 1 N–H and O–H groups in total. The molecule has 7 nitrogen and oxygen atoms in total. The number of carbonyl (C=O) groups is 2. The predicted octanol–water partition coefficient (Wildman–Crippen LogP) is 3.47. The second kappa shape index (κ2) is 10.2. The van der Waals surface area contributed by atoms with E-state index in [0.717, 1.165) is 5.56 Å². The van der Waals surface area contributed by atoms with Gasteiger partial charge in [-0.2, -0.15) is 0 Å². The minimum absolute atomic E-state index is 0.00857. The molecule has 0 aliphatic carbocycles. The number of carbonyl (C=O) groups excluding carboxylic acids is 2. The number of halogens is 1. The second-order valence-corrected chi connectivity index (χ2v) is 7.09. The van der Waals surface area contributed by atoms with E-state index < -0.39 is 12.0 Å². The molecule has 160 valence electrons. The van der Waals surface area contributed by atoms with Gasteiger partial charge in [0.05, 0.1) is 37.6 Å². The average Bonchev–Trinajstić information content (AvgIpc) is 2.73. The summed E-state index contributed by atoms with van der Waals surface area (Å²) in [4.78, 5) is 24.8. The van der Waals surface area contributed by atoms with E-state index in [4.69, 9.17) is 30.5 Å². The third-order valence-corrected chi connectivity index (χ3v) is 4.81. The number of methoxy groups -OCH3 is 1. The lowest BCUT2D eigenvalue weighted by Gasteiger charge is -2.21. The second-order valence-electron chi connectivity index (χ2n) is 6.68. The lowest BCUT2D eigenvalue weighted by atomic mass is 10.0. The van der Waals surface area contributed by atoms with Gasteiger partial charge in [0.2, 0.25) is 5.91 Å². The monoisotopic (exact) mass is 433 g/mol. The molecular formula is C22H24ClNO6. The van der Waals surface area contributed by atoms with Crippen LogP contribution in [-0.4, -0.2) is 38.8 Å². The molecule has 0 radical (unpaired) electrons. The van der Waals surface area contributed by atoms with Gasteiger partial charge >= 0.3 is 5.97 Å². The van der Waals surface area contributed by atoms with Crippen LogP contribution in [-0.2, 0) is 20.7 Å². The first-order valence-electron chi connectivity index (χ1n) is 9.67. The summed E-state index contributed by atoms with van der Waals surface area (Å²) in [6.45, 7) is 2.87. The van der Waals surface area contributed by atoms with Crippen LogP contribution in [0.2, 0.25) is 5.02 Å². The first-order valence-corrected chi connectivity index (χ1v) is 10.0. The Morgan fingerprint density at radius 2 is 2.00 bits per heavy atom. The molecule has 1 heterocycles. The van der Waals surface area contributed by atoms with Crippen molar-refractivity contribution in [2.75, 3.05) is 26.9 Å². The molecule has 3 rings (SSSR count). The van der Waals surface area contributed by atoms with Crippen LogP contribution in [0.3, 0.4) is 0 Å². The van der Waals surface area contributed by atoms with E-state index in [9.17, 15) is 9.59 Å². The third kappa shape index (κ3) is 5.57. The lowest BCUT2D eigenvalue weighted by Crippen LogP contribution is -2.32.